The first-order valence-electron chi connectivity index (χ1n) is 4.76. The molecule has 0 spiro atoms. The lowest BCUT2D eigenvalue weighted by Gasteiger charge is -2.11. The summed E-state index contributed by atoms with van der Waals surface area (Å²) in [5.74, 6) is 1.71. The van der Waals surface area contributed by atoms with Crippen molar-refractivity contribution < 1.29 is 13.5 Å². The molecule has 14 heavy (non-hydrogen) atoms. The van der Waals surface area contributed by atoms with Crippen molar-refractivity contribution in [3.63, 3.8) is 0 Å². The summed E-state index contributed by atoms with van der Waals surface area (Å²) in [4.78, 5) is 0. The Labute approximate surface area is 82.2 Å². The van der Waals surface area contributed by atoms with Crippen molar-refractivity contribution in [2.45, 2.75) is 25.7 Å². The predicted molar refractivity (Wildman–Crippen MR) is 49.8 cm³/mol. The van der Waals surface area contributed by atoms with Gasteiger partial charge in [-0.15, -0.1) is 0 Å². The first-order chi connectivity index (χ1) is 6.75. The van der Waals surface area contributed by atoms with E-state index in [0.29, 0.717) is 13.2 Å². The number of alkyl halides is 1. The second-order valence-corrected chi connectivity index (χ2v) is 3.55. The second-order valence-electron chi connectivity index (χ2n) is 3.55. The first kappa shape index (κ1) is 9.68. The monoisotopic (exact) mass is 199 g/mol. The lowest BCUT2D eigenvalue weighted by Crippen LogP contribution is -2.36. The molecule has 1 fully saturated rings. The van der Waals surface area contributed by atoms with Crippen molar-refractivity contribution in [3.8, 4) is 0 Å². The van der Waals surface area contributed by atoms with Crippen LogP contribution in [0.5, 0.6) is 0 Å². The van der Waals surface area contributed by atoms with Crippen LogP contribution in [0.4, 0.5) is 4.39 Å². The minimum Gasteiger partial charge on any atom is -0.465 e. The lowest BCUT2D eigenvalue weighted by molar-refractivity contribution is 0.172. The van der Waals surface area contributed by atoms with Crippen molar-refractivity contribution >= 4 is 0 Å². The normalized spacial score (nSPS) is 27.0. The van der Waals surface area contributed by atoms with E-state index in [2.05, 4.69) is 5.32 Å². The van der Waals surface area contributed by atoms with E-state index in [4.69, 9.17) is 9.15 Å². The summed E-state index contributed by atoms with van der Waals surface area (Å²) < 4.78 is 23.4. The maximum absolute atomic E-state index is 13.1. The zero-order chi connectivity index (χ0) is 9.97. The van der Waals surface area contributed by atoms with E-state index in [-0.39, 0.29) is 12.6 Å². The number of aryl methyl sites for hydroxylation is 1. The van der Waals surface area contributed by atoms with Gasteiger partial charge in [0.1, 0.15) is 17.7 Å². The molecule has 2 rings (SSSR count). The van der Waals surface area contributed by atoms with Crippen LogP contribution in [-0.4, -0.2) is 25.4 Å². The van der Waals surface area contributed by atoms with Crippen LogP contribution in [0.3, 0.4) is 0 Å². The predicted octanol–water partition coefficient (Wildman–Crippen LogP) is 1.41. The Hall–Kier alpha value is -0.870. The van der Waals surface area contributed by atoms with Crippen molar-refractivity contribution in [2.75, 3.05) is 13.2 Å². The Balaban J connectivity index is 1.82. The third-order valence-electron chi connectivity index (χ3n) is 2.35. The highest BCUT2D eigenvalue weighted by Gasteiger charge is 2.27. The van der Waals surface area contributed by atoms with E-state index in [9.17, 15) is 4.39 Å². The highest BCUT2D eigenvalue weighted by Crippen LogP contribution is 2.11. The summed E-state index contributed by atoms with van der Waals surface area (Å²) in [7, 11) is 0. The standard InChI is InChI=1S/C10H14FNO2/c1-7-2-3-8(14-7)4-12-10-6-13-5-9(10)11/h2-3,9-10,12H,4-6H2,1H3. The number of nitrogens with one attached hydrogen (secondary N) is 1. The summed E-state index contributed by atoms with van der Waals surface area (Å²) in [5.41, 5.74) is 0. The fraction of sp³-hybridized carbons (Fsp3) is 0.600. The number of furan rings is 1. The van der Waals surface area contributed by atoms with Crippen molar-refractivity contribution in [1.29, 1.82) is 0 Å². The summed E-state index contributed by atoms with van der Waals surface area (Å²) in [6.45, 7) is 3.10. The maximum Gasteiger partial charge on any atom is 0.141 e. The van der Waals surface area contributed by atoms with Gasteiger partial charge in [0.2, 0.25) is 0 Å². The fourth-order valence-corrected chi connectivity index (χ4v) is 1.53. The minimum absolute atomic E-state index is 0.194. The van der Waals surface area contributed by atoms with Gasteiger partial charge in [0, 0.05) is 0 Å². The van der Waals surface area contributed by atoms with E-state index >= 15 is 0 Å². The van der Waals surface area contributed by atoms with Crippen molar-refractivity contribution in [2.24, 2.45) is 0 Å². The Kier molecular flexibility index (Phi) is 2.84. The molecule has 4 heteroatoms. The third kappa shape index (κ3) is 2.13. The van der Waals surface area contributed by atoms with Gasteiger partial charge in [0.25, 0.3) is 0 Å². The molecule has 0 amide bonds. The van der Waals surface area contributed by atoms with Gasteiger partial charge in [0.05, 0.1) is 25.8 Å². The van der Waals surface area contributed by atoms with E-state index in [0.717, 1.165) is 11.5 Å². The molecular weight excluding hydrogens is 185 g/mol. The van der Waals surface area contributed by atoms with E-state index < -0.39 is 6.17 Å². The zero-order valence-corrected chi connectivity index (χ0v) is 8.13. The third-order valence-corrected chi connectivity index (χ3v) is 2.35. The lowest BCUT2D eigenvalue weighted by atomic mass is 10.2. The van der Waals surface area contributed by atoms with Gasteiger partial charge < -0.3 is 14.5 Å². The molecule has 1 aromatic rings. The number of ether oxygens (including phenoxy) is 1. The molecule has 2 heterocycles. The van der Waals surface area contributed by atoms with Gasteiger partial charge in [-0.2, -0.15) is 0 Å². The molecule has 2 unspecified atom stereocenters. The Bertz CT molecular complexity index is 300. The van der Waals surface area contributed by atoms with Gasteiger partial charge >= 0.3 is 0 Å². The van der Waals surface area contributed by atoms with Gasteiger partial charge in [-0.3, -0.25) is 0 Å². The molecule has 0 saturated carbocycles. The highest BCUT2D eigenvalue weighted by molar-refractivity contribution is 5.05. The Morgan fingerprint density at radius 3 is 2.93 bits per heavy atom. The molecule has 1 saturated heterocycles. The van der Waals surface area contributed by atoms with E-state index in [1.165, 1.54) is 0 Å². The van der Waals surface area contributed by atoms with Crippen LogP contribution in [0.1, 0.15) is 11.5 Å². The van der Waals surface area contributed by atoms with Gasteiger partial charge in [-0.25, -0.2) is 4.39 Å². The molecule has 0 aromatic carbocycles. The Morgan fingerprint density at radius 1 is 1.50 bits per heavy atom. The molecule has 1 N–H and O–H groups in total. The van der Waals surface area contributed by atoms with Gasteiger partial charge in [-0.1, -0.05) is 0 Å². The van der Waals surface area contributed by atoms with Crippen LogP contribution in [-0.2, 0) is 11.3 Å². The van der Waals surface area contributed by atoms with Crippen LogP contribution >= 0.6 is 0 Å². The van der Waals surface area contributed by atoms with Crippen LogP contribution in [0, 0.1) is 6.92 Å². The summed E-state index contributed by atoms with van der Waals surface area (Å²) in [6, 6.07) is 3.60. The fourth-order valence-electron chi connectivity index (χ4n) is 1.53. The quantitative estimate of drug-likeness (QED) is 0.799. The smallest absolute Gasteiger partial charge is 0.141 e. The van der Waals surface area contributed by atoms with Crippen LogP contribution in [0.25, 0.3) is 0 Å². The van der Waals surface area contributed by atoms with E-state index in [1.54, 1.807) is 0 Å². The number of hydrogen-bond acceptors (Lipinski definition) is 3. The number of hydrogen-bond donors (Lipinski definition) is 1. The molecule has 1 aromatic heterocycles. The van der Waals surface area contributed by atoms with Crippen LogP contribution < -0.4 is 5.32 Å². The second kappa shape index (κ2) is 4.11. The molecule has 1 aliphatic rings. The molecule has 0 aliphatic carbocycles. The summed E-state index contributed by atoms with van der Waals surface area (Å²) in [5, 5.41) is 3.07. The molecule has 0 bridgehead atoms. The highest BCUT2D eigenvalue weighted by atomic mass is 19.1. The van der Waals surface area contributed by atoms with Gasteiger partial charge in [-0.05, 0) is 19.1 Å². The maximum atomic E-state index is 13.1. The van der Waals surface area contributed by atoms with Crippen LogP contribution in [0.2, 0.25) is 0 Å². The zero-order valence-electron chi connectivity index (χ0n) is 8.13. The van der Waals surface area contributed by atoms with Crippen molar-refractivity contribution in [3.05, 3.63) is 23.7 Å². The van der Waals surface area contributed by atoms with Crippen molar-refractivity contribution in [1.82, 2.24) is 5.32 Å². The molecule has 78 valence electrons. The topological polar surface area (TPSA) is 34.4 Å². The first-order valence-corrected chi connectivity index (χ1v) is 4.76. The summed E-state index contributed by atoms with van der Waals surface area (Å²) in [6.07, 6.45) is -0.897. The molecular formula is C10H14FNO2. The van der Waals surface area contributed by atoms with E-state index in [1.807, 2.05) is 19.1 Å². The SMILES string of the molecule is Cc1ccc(CNC2COCC2F)o1. The molecule has 3 nitrogen and oxygen atoms in total. The minimum atomic E-state index is -0.897. The average molecular weight is 199 g/mol. The largest absolute Gasteiger partial charge is 0.465 e. The Morgan fingerprint density at radius 2 is 2.36 bits per heavy atom. The average Bonchev–Trinajstić information content (AvgIpc) is 2.72. The molecule has 2 atom stereocenters. The molecule has 1 aliphatic heterocycles. The van der Waals surface area contributed by atoms with Crippen LogP contribution in [0.15, 0.2) is 16.5 Å². The summed E-state index contributed by atoms with van der Waals surface area (Å²) >= 11 is 0. The molecule has 0 radical (unpaired) electrons. The number of halogens is 1. The number of rotatable bonds is 3. The van der Waals surface area contributed by atoms with Gasteiger partial charge in [0.15, 0.2) is 0 Å².